The molecule has 2 aliphatic heterocycles. The lowest BCUT2D eigenvalue weighted by Crippen LogP contribution is -2.37. The monoisotopic (exact) mass is 481 g/mol. The summed E-state index contributed by atoms with van der Waals surface area (Å²) < 4.78 is 23.9. The first-order valence-electron chi connectivity index (χ1n) is 10.7. The van der Waals surface area contributed by atoms with Crippen LogP contribution in [0, 0.1) is 5.82 Å². The summed E-state index contributed by atoms with van der Waals surface area (Å²) in [5.41, 5.74) is 2.96. The van der Waals surface area contributed by atoms with Crippen LogP contribution >= 0.6 is 11.8 Å². The summed E-state index contributed by atoms with van der Waals surface area (Å²) in [6.07, 6.45) is 0.0407. The molecule has 0 fully saturated rings. The number of nitrogens with zero attached hydrogens (tertiary/aromatic N) is 2. The van der Waals surface area contributed by atoms with Gasteiger partial charge in [0.1, 0.15) is 11.6 Å². The second-order valence-corrected chi connectivity index (χ2v) is 8.46. The number of thioether (sulfide) groups is 1. The molecular weight excluding hydrogens is 457 g/mol. The molecule has 2 aliphatic rings. The Morgan fingerprint density at radius 2 is 1.97 bits per heavy atom. The minimum absolute atomic E-state index is 0.0407. The van der Waals surface area contributed by atoms with E-state index in [2.05, 4.69) is 10.3 Å². The van der Waals surface area contributed by atoms with Gasteiger partial charge in [0.2, 0.25) is 5.91 Å². The fraction of sp³-hybridized carbons (Fsp3) is 0.240. The topological polar surface area (TPSA) is 80.2 Å². The number of amides is 1. The Balaban J connectivity index is 1.67. The number of halogens is 1. The van der Waals surface area contributed by atoms with Crippen molar-refractivity contribution in [3.8, 4) is 5.75 Å². The van der Waals surface area contributed by atoms with E-state index in [4.69, 9.17) is 9.47 Å². The van der Waals surface area contributed by atoms with Crippen molar-refractivity contribution in [2.24, 2.45) is 4.99 Å². The molecule has 0 aromatic heterocycles. The quantitative estimate of drug-likeness (QED) is 0.561. The van der Waals surface area contributed by atoms with Crippen molar-refractivity contribution in [1.82, 2.24) is 4.90 Å². The van der Waals surface area contributed by atoms with Crippen molar-refractivity contribution in [3.05, 3.63) is 82.3 Å². The van der Waals surface area contributed by atoms with Crippen LogP contribution in [0.2, 0.25) is 0 Å². The molecule has 2 aromatic rings. The fourth-order valence-corrected chi connectivity index (χ4v) is 4.83. The van der Waals surface area contributed by atoms with Crippen LogP contribution in [0.4, 0.5) is 10.1 Å². The van der Waals surface area contributed by atoms with Crippen molar-refractivity contribution >= 4 is 34.5 Å². The number of amidine groups is 1. The SMILES string of the molecule is CCOC(=O)C1=C(C)N=C2SC=C(CC(=O)Nc3ccc(F)cc3)N2C1c1cccc(OC)c1. The van der Waals surface area contributed by atoms with Crippen LogP contribution in [0.1, 0.15) is 31.9 Å². The fourth-order valence-electron chi connectivity index (χ4n) is 3.87. The summed E-state index contributed by atoms with van der Waals surface area (Å²) in [5.74, 6) is -0.457. The first-order valence-corrected chi connectivity index (χ1v) is 11.6. The van der Waals surface area contributed by atoms with Gasteiger partial charge in [-0.25, -0.2) is 14.2 Å². The first kappa shape index (κ1) is 23.6. The number of methoxy groups -OCH3 is 1. The van der Waals surface area contributed by atoms with Gasteiger partial charge in [-0.1, -0.05) is 23.9 Å². The molecule has 0 bridgehead atoms. The molecule has 0 saturated carbocycles. The number of allylic oxidation sites excluding steroid dienone is 1. The number of rotatable bonds is 7. The van der Waals surface area contributed by atoms with Gasteiger partial charge in [-0.2, -0.15) is 0 Å². The van der Waals surface area contributed by atoms with E-state index in [0.29, 0.717) is 33.6 Å². The summed E-state index contributed by atoms with van der Waals surface area (Å²) >= 11 is 1.39. The molecule has 176 valence electrons. The van der Waals surface area contributed by atoms with E-state index >= 15 is 0 Å². The number of carbonyl (C=O) groups is 2. The lowest BCUT2D eigenvalue weighted by atomic mass is 9.93. The Morgan fingerprint density at radius 1 is 1.21 bits per heavy atom. The number of hydrogen-bond acceptors (Lipinski definition) is 7. The lowest BCUT2D eigenvalue weighted by molar-refractivity contribution is -0.139. The van der Waals surface area contributed by atoms with Gasteiger partial charge >= 0.3 is 5.97 Å². The molecule has 1 amide bonds. The van der Waals surface area contributed by atoms with Gasteiger partial charge in [-0.05, 0) is 61.2 Å². The zero-order valence-corrected chi connectivity index (χ0v) is 19.8. The summed E-state index contributed by atoms with van der Waals surface area (Å²) in [6.45, 7) is 3.76. The zero-order valence-electron chi connectivity index (χ0n) is 19.0. The maximum absolute atomic E-state index is 13.2. The van der Waals surface area contributed by atoms with Crippen LogP contribution < -0.4 is 10.1 Å². The van der Waals surface area contributed by atoms with Gasteiger partial charge in [0.15, 0.2) is 5.17 Å². The third-order valence-electron chi connectivity index (χ3n) is 5.38. The van der Waals surface area contributed by atoms with Gasteiger partial charge in [-0.15, -0.1) is 0 Å². The maximum atomic E-state index is 13.2. The van der Waals surface area contributed by atoms with E-state index in [9.17, 15) is 14.0 Å². The van der Waals surface area contributed by atoms with Gasteiger partial charge in [0.05, 0.1) is 37.4 Å². The summed E-state index contributed by atoms with van der Waals surface area (Å²) in [7, 11) is 1.58. The van der Waals surface area contributed by atoms with E-state index in [-0.39, 0.29) is 24.8 Å². The molecule has 0 aliphatic carbocycles. The predicted molar refractivity (Wildman–Crippen MR) is 130 cm³/mol. The zero-order chi connectivity index (χ0) is 24.2. The lowest BCUT2D eigenvalue weighted by Gasteiger charge is -2.36. The number of esters is 1. The average molecular weight is 482 g/mol. The van der Waals surface area contributed by atoms with Crippen LogP contribution in [0.5, 0.6) is 5.75 Å². The summed E-state index contributed by atoms with van der Waals surface area (Å²) in [6, 6.07) is 12.5. The molecule has 1 atom stereocenters. The van der Waals surface area contributed by atoms with Crippen molar-refractivity contribution in [2.75, 3.05) is 19.0 Å². The van der Waals surface area contributed by atoms with Gasteiger partial charge in [0.25, 0.3) is 0 Å². The Hall–Kier alpha value is -3.59. The van der Waals surface area contributed by atoms with E-state index in [1.54, 1.807) is 21.0 Å². The van der Waals surface area contributed by atoms with Crippen molar-refractivity contribution < 1.29 is 23.5 Å². The Bertz CT molecular complexity index is 1210. The standard InChI is InChI=1S/C25H24FN3O4S/c1-4-33-24(31)22-15(2)27-25-29(23(22)16-6-5-7-20(12-16)32-3)19(14-34-25)13-21(30)28-18-10-8-17(26)9-11-18/h5-12,14,23H,4,13H2,1-3H3,(H,28,30). The highest BCUT2D eigenvalue weighted by Gasteiger charge is 2.41. The number of hydrogen-bond donors (Lipinski definition) is 1. The number of ether oxygens (including phenoxy) is 2. The Morgan fingerprint density at radius 3 is 2.68 bits per heavy atom. The van der Waals surface area contributed by atoms with Crippen LogP contribution in [0.25, 0.3) is 0 Å². The maximum Gasteiger partial charge on any atom is 0.338 e. The number of aliphatic imine (C=N–C) groups is 1. The van der Waals surface area contributed by atoms with E-state index in [1.807, 2.05) is 34.6 Å². The first-order chi connectivity index (χ1) is 16.4. The Labute approximate surface area is 201 Å². The second-order valence-electron chi connectivity index (χ2n) is 7.62. The van der Waals surface area contributed by atoms with Crippen LogP contribution in [0.15, 0.2) is 75.9 Å². The predicted octanol–water partition coefficient (Wildman–Crippen LogP) is 5.00. The Kier molecular flexibility index (Phi) is 7.02. The summed E-state index contributed by atoms with van der Waals surface area (Å²) in [4.78, 5) is 32.3. The summed E-state index contributed by atoms with van der Waals surface area (Å²) in [5, 5.41) is 5.31. The molecule has 2 heterocycles. The number of nitrogens with one attached hydrogen (secondary N) is 1. The van der Waals surface area contributed by atoms with E-state index in [1.165, 1.54) is 36.0 Å². The molecule has 0 radical (unpaired) electrons. The minimum Gasteiger partial charge on any atom is -0.497 e. The van der Waals surface area contributed by atoms with Crippen molar-refractivity contribution in [3.63, 3.8) is 0 Å². The van der Waals surface area contributed by atoms with Gasteiger partial charge in [-0.3, -0.25) is 4.79 Å². The van der Waals surface area contributed by atoms with Crippen LogP contribution in [0.3, 0.4) is 0 Å². The van der Waals surface area contributed by atoms with Crippen LogP contribution in [-0.4, -0.2) is 35.7 Å². The molecule has 1 N–H and O–H groups in total. The number of fused-ring (bicyclic) bond motifs is 1. The third-order valence-corrected chi connectivity index (χ3v) is 6.26. The van der Waals surface area contributed by atoms with Gasteiger partial charge < -0.3 is 19.7 Å². The smallest absolute Gasteiger partial charge is 0.338 e. The second kappa shape index (κ2) is 10.1. The largest absolute Gasteiger partial charge is 0.497 e. The highest BCUT2D eigenvalue weighted by molar-refractivity contribution is 8.16. The number of benzene rings is 2. The van der Waals surface area contributed by atoms with Crippen molar-refractivity contribution in [1.29, 1.82) is 0 Å². The normalized spacial score (nSPS) is 17.1. The highest BCUT2D eigenvalue weighted by atomic mass is 32.2. The average Bonchev–Trinajstić information content (AvgIpc) is 3.21. The number of carbonyl (C=O) groups excluding carboxylic acids is 2. The molecule has 1 unspecified atom stereocenters. The van der Waals surface area contributed by atoms with E-state index in [0.717, 1.165) is 5.56 Å². The molecule has 34 heavy (non-hydrogen) atoms. The molecular formula is C25H24FN3O4S. The van der Waals surface area contributed by atoms with E-state index < -0.39 is 12.0 Å². The molecule has 0 saturated heterocycles. The van der Waals surface area contributed by atoms with Crippen molar-refractivity contribution in [2.45, 2.75) is 26.3 Å². The third kappa shape index (κ3) is 4.84. The minimum atomic E-state index is -0.540. The molecule has 7 nitrogen and oxygen atoms in total. The molecule has 4 rings (SSSR count). The molecule has 2 aromatic carbocycles. The highest BCUT2D eigenvalue weighted by Crippen LogP contribution is 2.45. The van der Waals surface area contributed by atoms with Crippen LogP contribution in [-0.2, 0) is 14.3 Å². The van der Waals surface area contributed by atoms with Gasteiger partial charge in [0, 0.05) is 11.4 Å². The molecule has 9 heteroatoms. The molecule has 0 spiro atoms. The number of anilines is 1.